The topological polar surface area (TPSA) is 70.4 Å². The molecule has 5 nitrogen and oxygen atoms in total. The standard InChI is InChI=1S/C14H18N2O3S/c1-11-4-5-12(9-15)8-13(11)20(17,18)16-6-7-19-10-14(16,2)3/h4-5,8H,6-7,10H2,1-3H3. The van der Waals surface area contributed by atoms with Gasteiger partial charge in [0, 0.05) is 6.54 Å². The zero-order valence-electron chi connectivity index (χ0n) is 11.9. The molecule has 1 heterocycles. The van der Waals surface area contributed by atoms with Gasteiger partial charge >= 0.3 is 0 Å². The first kappa shape index (κ1) is 15.0. The molecule has 0 aromatic heterocycles. The molecule has 0 radical (unpaired) electrons. The van der Waals surface area contributed by atoms with Crippen LogP contribution in [-0.2, 0) is 14.8 Å². The van der Waals surface area contributed by atoms with Gasteiger partial charge in [-0.3, -0.25) is 0 Å². The Bertz CT molecular complexity index is 659. The van der Waals surface area contributed by atoms with E-state index in [1.165, 1.54) is 10.4 Å². The Morgan fingerprint density at radius 2 is 2.10 bits per heavy atom. The van der Waals surface area contributed by atoms with Crippen molar-refractivity contribution in [1.82, 2.24) is 4.31 Å². The average Bonchev–Trinajstić information content (AvgIpc) is 2.38. The van der Waals surface area contributed by atoms with Gasteiger partial charge < -0.3 is 4.74 Å². The van der Waals surface area contributed by atoms with Crippen LogP contribution in [0.15, 0.2) is 23.1 Å². The van der Waals surface area contributed by atoms with Gasteiger partial charge in [-0.25, -0.2) is 8.42 Å². The van der Waals surface area contributed by atoms with E-state index in [4.69, 9.17) is 10.00 Å². The van der Waals surface area contributed by atoms with Crippen LogP contribution in [0.5, 0.6) is 0 Å². The Morgan fingerprint density at radius 3 is 2.70 bits per heavy atom. The molecule has 0 saturated carbocycles. The van der Waals surface area contributed by atoms with Crippen LogP contribution in [0.4, 0.5) is 0 Å². The second kappa shape index (κ2) is 5.17. The lowest BCUT2D eigenvalue weighted by atomic mass is 10.1. The number of aryl methyl sites for hydroxylation is 1. The molecule has 1 aromatic carbocycles. The lowest BCUT2D eigenvalue weighted by Crippen LogP contribution is -2.55. The summed E-state index contributed by atoms with van der Waals surface area (Å²) >= 11 is 0. The van der Waals surface area contributed by atoms with E-state index in [-0.39, 0.29) is 4.90 Å². The Kier molecular flexibility index (Phi) is 3.87. The fourth-order valence-corrected chi connectivity index (χ4v) is 4.36. The molecule has 0 bridgehead atoms. The van der Waals surface area contributed by atoms with E-state index < -0.39 is 15.6 Å². The van der Waals surface area contributed by atoms with Gasteiger partial charge in [0.1, 0.15) is 0 Å². The summed E-state index contributed by atoms with van der Waals surface area (Å²) in [4.78, 5) is 0.200. The summed E-state index contributed by atoms with van der Waals surface area (Å²) in [5, 5.41) is 8.95. The molecule has 0 N–H and O–H groups in total. The first-order valence-electron chi connectivity index (χ1n) is 6.40. The van der Waals surface area contributed by atoms with Crippen molar-refractivity contribution in [1.29, 1.82) is 5.26 Å². The molecule has 0 atom stereocenters. The highest BCUT2D eigenvalue weighted by Gasteiger charge is 2.40. The smallest absolute Gasteiger partial charge is 0.244 e. The minimum absolute atomic E-state index is 0.200. The number of nitriles is 1. The molecule has 20 heavy (non-hydrogen) atoms. The SMILES string of the molecule is Cc1ccc(C#N)cc1S(=O)(=O)N1CCOCC1(C)C. The van der Waals surface area contributed by atoms with Crippen molar-refractivity contribution < 1.29 is 13.2 Å². The van der Waals surface area contributed by atoms with Crippen LogP contribution in [0.2, 0.25) is 0 Å². The maximum absolute atomic E-state index is 12.9. The van der Waals surface area contributed by atoms with Gasteiger partial charge in [-0.15, -0.1) is 0 Å². The van der Waals surface area contributed by atoms with Gasteiger partial charge in [0.2, 0.25) is 10.0 Å². The van der Waals surface area contributed by atoms with Crippen molar-refractivity contribution in [2.45, 2.75) is 31.2 Å². The van der Waals surface area contributed by atoms with Gasteiger partial charge in [0.25, 0.3) is 0 Å². The minimum atomic E-state index is -3.63. The third-order valence-corrected chi connectivity index (χ3v) is 5.71. The summed E-state index contributed by atoms with van der Waals surface area (Å²) in [6, 6.07) is 6.71. The third-order valence-electron chi connectivity index (χ3n) is 3.45. The number of hydrogen-bond acceptors (Lipinski definition) is 4. The molecule has 0 spiro atoms. The highest BCUT2D eigenvalue weighted by molar-refractivity contribution is 7.89. The molecule has 0 aliphatic carbocycles. The highest BCUT2D eigenvalue weighted by Crippen LogP contribution is 2.29. The predicted octanol–water partition coefficient (Wildman–Crippen LogP) is 1.67. The number of rotatable bonds is 2. The fraction of sp³-hybridized carbons (Fsp3) is 0.500. The molecule has 1 saturated heterocycles. The number of sulfonamides is 1. The number of morpholine rings is 1. The van der Waals surface area contributed by atoms with Gasteiger partial charge in [-0.1, -0.05) is 6.07 Å². The lowest BCUT2D eigenvalue weighted by molar-refractivity contribution is -0.00772. The average molecular weight is 294 g/mol. The van der Waals surface area contributed by atoms with E-state index in [0.717, 1.165) is 0 Å². The first-order valence-corrected chi connectivity index (χ1v) is 7.84. The van der Waals surface area contributed by atoms with Crippen LogP contribution in [0, 0.1) is 18.3 Å². The highest BCUT2D eigenvalue weighted by atomic mass is 32.2. The van der Waals surface area contributed by atoms with Gasteiger partial charge in [0.05, 0.1) is 35.3 Å². The Hall–Kier alpha value is -1.42. The van der Waals surface area contributed by atoms with E-state index in [2.05, 4.69) is 0 Å². The van der Waals surface area contributed by atoms with Crippen LogP contribution in [0.1, 0.15) is 25.0 Å². The van der Waals surface area contributed by atoms with Crippen molar-refractivity contribution in [3.63, 3.8) is 0 Å². The third kappa shape index (κ3) is 2.57. The summed E-state index contributed by atoms with van der Waals surface area (Å²) in [6.07, 6.45) is 0. The van der Waals surface area contributed by atoms with E-state index in [1.54, 1.807) is 19.1 Å². The summed E-state index contributed by atoms with van der Waals surface area (Å²) in [7, 11) is -3.63. The predicted molar refractivity (Wildman–Crippen MR) is 74.7 cm³/mol. The lowest BCUT2D eigenvalue weighted by Gasteiger charge is -2.41. The summed E-state index contributed by atoms with van der Waals surface area (Å²) in [6.45, 7) is 6.50. The van der Waals surface area contributed by atoms with Crippen molar-refractivity contribution in [2.24, 2.45) is 0 Å². The molecule has 1 fully saturated rings. The van der Waals surface area contributed by atoms with Crippen molar-refractivity contribution in [2.75, 3.05) is 19.8 Å². The Balaban J connectivity index is 2.53. The Morgan fingerprint density at radius 1 is 1.40 bits per heavy atom. The van der Waals surface area contributed by atoms with Crippen LogP contribution < -0.4 is 0 Å². The normalized spacial score (nSPS) is 19.5. The monoisotopic (exact) mass is 294 g/mol. The largest absolute Gasteiger partial charge is 0.378 e. The van der Waals surface area contributed by atoms with Gasteiger partial charge in [0.15, 0.2) is 0 Å². The molecular weight excluding hydrogens is 276 g/mol. The fourth-order valence-electron chi connectivity index (χ4n) is 2.36. The van der Waals surface area contributed by atoms with Gasteiger partial charge in [-0.05, 0) is 38.5 Å². The van der Waals surface area contributed by atoms with E-state index in [9.17, 15) is 8.42 Å². The minimum Gasteiger partial charge on any atom is -0.378 e. The summed E-state index contributed by atoms with van der Waals surface area (Å²) in [5.41, 5.74) is 0.401. The van der Waals surface area contributed by atoms with E-state index >= 15 is 0 Å². The summed E-state index contributed by atoms with van der Waals surface area (Å²) in [5.74, 6) is 0. The molecule has 108 valence electrons. The van der Waals surface area contributed by atoms with Crippen LogP contribution in [0.3, 0.4) is 0 Å². The Labute approximate surface area is 119 Å². The van der Waals surface area contributed by atoms with Crippen molar-refractivity contribution in [3.8, 4) is 6.07 Å². The molecule has 0 amide bonds. The number of ether oxygens (including phenoxy) is 1. The number of benzene rings is 1. The number of hydrogen-bond donors (Lipinski definition) is 0. The zero-order valence-corrected chi connectivity index (χ0v) is 12.7. The zero-order chi connectivity index (χ0) is 15.0. The molecule has 1 aliphatic heterocycles. The maximum Gasteiger partial charge on any atom is 0.244 e. The molecule has 0 unspecified atom stereocenters. The molecule has 2 rings (SSSR count). The first-order chi connectivity index (χ1) is 9.29. The van der Waals surface area contributed by atoms with Gasteiger partial charge in [-0.2, -0.15) is 9.57 Å². The molecular formula is C14H18N2O3S. The number of nitrogens with zero attached hydrogens (tertiary/aromatic N) is 2. The molecule has 1 aliphatic rings. The van der Waals surface area contributed by atoms with E-state index in [0.29, 0.717) is 30.9 Å². The second-order valence-electron chi connectivity index (χ2n) is 5.53. The van der Waals surface area contributed by atoms with Crippen LogP contribution in [-0.4, -0.2) is 38.0 Å². The van der Waals surface area contributed by atoms with E-state index in [1.807, 2.05) is 19.9 Å². The van der Waals surface area contributed by atoms with Crippen LogP contribution >= 0.6 is 0 Å². The maximum atomic E-state index is 12.9. The second-order valence-corrected chi connectivity index (χ2v) is 7.37. The van der Waals surface area contributed by atoms with Crippen molar-refractivity contribution >= 4 is 10.0 Å². The molecule has 6 heteroatoms. The quantitative estimate of drug-likeness (QED) is 0.832. The van der Waals surface area contributed by atoms with Crippen LogP contribution in [0.25, 0.3) is 0 Å². The summed E-state index contributed by atoms with van der Waals surface area (Å²) < 4.78 is 32.5. The molecule has 1 aromatic rings. The van der Waals surface area contributed by atoms with Crippen molar-refractivity contribution in [3.05, 3.63) is 29.3 Å².